The van der Waals surface area contributed by atoms with Gasteiger partial charge >= 0.3 is 0 Å². The molecule has 1 aliphatic rings. The van der Waals surface area contributed by atoms with Crippen LogP contribution >= 0.6 is 23.2 Å². The van der Waals surface area contributed by atoms with Crippen molar-refractivity contribution in [3.8, 4) is 17.2 Å². The zero-order valence-corrected chi connectivity index (χ0v) is 21.1. The molecule has 7 nitrogen and oxygen atoms in total. The van der Waals surface area contributed by atoms with Crippen molar-refractivity contribution in [2.24, 2.45) is 0 Å². The lowest BCUT2D eigenvalue weighted by atomic mass is 9.97. The molecule has 0 fully saturated rings. The van der Waals surface area contributed by atoms with Gasteiger partial charge in [-0.3, -0.25) is 14.5 Å². The molecule has 0 radical (unpaired) electrons. The van der Waals surface area contributed by atoms with Gasteiger partial charge in [0.25, 0.3) is 5.91 Å². The minimum Gasteiger partial charge on any atom is -0.495 e. The van der Waals surface area contributed by atoms with E-state index in [9.17, 15) is 9.59 Å². The topological polar surface area (TPSA) is 78.2 Å². The van der Waals surface area contributed by atoms with Crippen LogP contribution in [0.15, 0.2) is 63.8 Å². The van der Waals surface area contributed by atoms with E-state index in [0.717, 1.165) is 0 Å². The van der Waals surface area contributed by atoms with Crippen molar-refractivity contribution >= 4 is 45.8 Å². The molecule has 3 aromatic carbocycles. The number of fused-ring (bicyclic) bond motifs is 2. The summed E-state index contributed by atoms with van der Waals surface area (Å²) in [6.07, 6.45) is 0. The maximum atomic E-state index is 13.8. The van der Waals surface area contributed by atoms with Gasteiger partial charge in [0.2, 0.25) is 5.76 Å². The van der Waals surface area contributed by atoms with Crippen molar-refractivity contribution in [2.45, 2.75) is 13.0 Å². The van der Waals surface area contributed by atoms with Crippen molar-refractivity contribution in [1.82, 2.24) is 0 Å². The fourth-order valence-corrected chi connectivity index (χ4v) is 4.88. The van der Waals surface area contributed by atoms with E-state index in [4.69, 9.17) is 41.8 Å². The van der Waals surface area contributed by atoms with Gasteiger partial charge in [0.15, 0.2) is 16.9 Å². The second-order valence-corrected chi connectivity index (χ2v) is 8.90. The number of hydrogen-bond donors (Lipinski definition) is 0. The molecule has 5 rings (SSSR count). The predicted octanol–water partition coefficient (Wildman–Crippen LogP) is 6.27. The zero-order valence-electron chi connectivity index (χ0n) is 19.6. The summed E-state index contributed by atoms with van der Waals surface area (Å²) in [4.78, 5) is 29.0. The summed E-state index contributed by atoms with van der Waals surface area (Å²) in [5.74, 6) is 0.956. The normalized spacial score (nSPS) is 14.8. The third kappa shape index (κ3) is 3.85. The van der Waals surface area contributed by atoms with Crippen molar-refractivity contribution in [3.05, 3.63) is 91.8 Å². The van der Waals surface area contributed by atoms with Crippen LogP contribution in [-0.2, 0) is 0 Å². The Morgan fingerprint density at radius 1 is 0.917 bits per heavy atom. The second-order valence-electron chi connectivity index (χ2n) is 8.05. The lowest BCUT2D eigenvalue weighted by Crippen LogP contribution is -2.29. The molecule has 1 aromatic heterocycles. The Morgan fingerprint density at radius 2 is 1.67 bits per heavy atom. The lowest BCUT2D eigenvalue weighted by molar-refractivity contribution is 0.0971. The number of hydrogen-bond acceptors (Lipinski definition) is 6. The molecule has 0 aliphatic carbocycles. The Bertz CT molecular complexity index is 1560. The summed E-state index contributed by atoms with van der Waals surface area (Å²) >= 11 is 12.6. The maximum Gasteiger partial charge on any atom is 0.295 e. The number of methoxy groups -OCH3 is 2. The number of carbonyl (C=O) groups is 1. The van der Waals surface area contributed by atoms with Crippen LogP contribution in [0, 0.1) is 0 Å². The number of rotatable bonds is 6. The predicted molar refractivity (Wildman–Crippen MR) is 138 cm³/mol. The minimum atomic E-state index is -0.818. The van der Waals surface area contributed by atoms with Crippen molar-refractivity contribution in [3.63, 3.8) is 0 Å². The Kier molecular flexibility index (Phi) is 6.28. The molecule has 9 heteroatoms. The highest BCUT2D eigenvalue weighted by atomic mass is 35.5. The van der Waals surface area contributed by atoms with E-state index in [1.54, 1.807) is 48.5 Å². The average Bonchev–Trinajstić information content (AvgIpc) is 3.17. The highest BCUT2D eigenvalue weighted by molar-refractivity contribution is 6.32. The molecule has 0 N–H and O–H groups in total. The van der Waals surface area contributed by atoms with E-state index in [-0.39, 0.29) is 27.7 Å². The van der Waals surface area contributed by atoms with E-state index in [1.807, 2.05) is 6.92 Å². The van der Waals surface area contributed by atoms with Gasteiger partial charge in [-0.15, -0.1) is 0 Å². The standard InChI is InChI=1S/C27H21Cl2NO6/c1-4-35-21-8-5-14(11-22(21)34-3)24-23-25(31)17-12-15(28)6-9-19(17)36-26(23)27(32)30(24)16-7-10-20(33-2)18(29)13-16/h5-13,24H,4H2,1-3H3. The largest absolute Gasteiger partial charge is 0.495 e. The van der Waals surface area contributed by atoms with Crippen LogP contribution in [0.3, 0.4) is 0 Å². The van der Waals surface area contributed by atoms with Gasteiger partial charge in [-0.05, 0) is 61.0 Å². The summed E-state index contributed by atoms with van der Waals surface area (Å²) < 4.78 is 22.4. The van der Waals surface area contributed by atoms with E-state index in [0.29, 0.717) is 45.2 Å². The summed E-state index contributed by atoms with van der Waals surface area (Å²) in [5, 5.41) is 0.988. The van der Waals surface area contributed by atoms with Gasteiger partial charge < -0.3 is 18.6 Å². The molecule has 0 saturated heterocycles. The molecule has 1 unspecified atom stereocenters. The molecular weight excluding hydrogens is 505 g/mol. The number of nitrogens with zero attached hydrogens (tertiary/aromatic N) is 1. The molecule has 184 valence electrons. The van der Waals surface area contributed by atoms with E-state index in [1.165, 1.54) is 25.2 Å². The SMILES string of the molecule is CCOc1ccc(C2c3c(oc4ccc(Cl)cc4c3=O)C(=O)N2c2ccc(OC)c(Cl)c2)cc1OC. The van der Waals surface area contributed by atoms with E-state index < -0.39 is 11.9 Å². The van der Waals surface area contributed by atoms with Crippen molar-refractivity contribution in [2.75, 3.05) is 25.7 Å². The Morgan fingerprint density at radius 3 is 2.36 bits per heavy atom. The van der Waals surface area contributed by atoms with Gasteiger partial charge in [-0.1, -0.05) is 29.3 Å². The highest BCUT2D eigenvalue weighted by Gasteiger charge is 2.44. The van der Waals surface area contributed by atoms with Crippen molar-refractivity contribution < 1.29 is 23.4 Å². The zero-order chi connectivity index (χ0) is 25.6. The summed E-state index contributed by atoms with van der Waals surface area (Å²) in [5.41, 5.74) is 1.23. The van der Waals surface area contributed by atoms with Gasteiger partial charge in [0, 0.05) is 10.7 Å². The first-order valence-corrected chi connectivity index (χ1v) is 11.9. The van der Waals surface area contributed by atoms with Crippen LogP contribution in [0.4, 0.5) is 5.69 Å². The molecule has 1 atom stereocenters. The Balaban J connectivity index is 1.78. The summed E-state index contributed by atoms with van der Waals surface area (Å²) in [6, 6.07) is 14.2. The molecule has 2 heterocycles. The molecular formula is C27H21Cl2NO6. The van der Waals surface area contributed by atoms with Crippen LogP contribution in [-0.4, -0.2) is 26.7 Å². The number of anilines is 1. The lowest BCUT2D eigenvalue weighted by Gasteiger charge is -2.26. The van der Waals surface area contributed by atoms with Gasteiger partial charge in [-0.25, -0.2) is 0 Å². The molecule has 1 aliphatic heterocycles. The maximum absolute atomic E-state index is 13.8. The minimum absolute atomic E-state index is 0.0420. The quantitative estimate of drug-likeness (QED) is 0.295. The monoisotopic (exact) mass is 525 g/mol. The molecule has 0 saturated carbocycles. The van der Waals surface area contributed by atoms with Gasteiger partial charge in [-0.2, -0.15) is 0 Å². The second kappa shape index (κ2) is 9.41. The van der Waals surface area contributed by atoms with Crippen LogP contribution in [0.1, 0.15) is 34.6 Å². The Hall–Kier alpha value is -3.68. The smallest absolute Gasteiger partial charge is 0.295 e. The number of ether oxygens (including phenoxy) is 3. The molecule has 1 amide bonds. The third-order valence-electron chi connectivity index (χ3n) is 6.05. The number of halogens is 2. The first kappa shape index (κ1) is 24.0. The molecule has 36 heavy (non-hydrogen) atoms. The van der Waals surface area contributed by atoms with Crippen LogP contribution in [0.2, 0.25) is 10.0 Å². The fraction of sp³-hybridized carbons (Fsp3) is 0.185. The first-order chi connectivity index (χ1) is 17.4. The molecule has 4 aromatic rings. The summed E-state index contributed by atoms with van der Waals surface area (Å²) in [7, 11) is 3.03. The average molecular weight is 526 g/mol. The summed E-state index contributed by atoms with van der Waals surface area (Å²) in [6.45, 7) is 2.32. The first-order valence-electron chi connectivity index (χ1n) is 11.1. The van der Waals surface area contributed by atoms with E-state index >= 15 is 0 Å². The van der Waals surface area contributed by atoms with Crippen LogP contribution < -0.4 is 24.5 Å². The van der Waals surface area contributed by atoms with Gasteiger partial charge in [0.1, 0.15) is 11.3 Å². The highest BCUT2D eigenvalue weighted by Crippen LogP contribution is 2.44. The number of amides is 1. The number of benzene rings is 3. The van der Waals surface area contributed by atoms with Crippen LogP contribution in [0.25, 0.3) is 11.0 Å². The number of carbonyl (C=O) groups excluding carboxylic acids is 1. The van der Waals surface area contributed by atoms with Crippen LogP contribution in [0.5, 0.6) is 17.2 Å². The Labute approximate surface area is 216 Å². The fourth-order valence-electron chi connectivity index (χ4n) is 4.46. The third-order valence-corrected chi connectivity index (χ3v) is 6.58. The molecule has 0 bridgehead atoms. The molecule has 0 spiro atoms. The van der Waals surface area contributed by atoms with E-state index in [2.05, 4.69) is 0 Å². The van der Waals surface area contributed by atoms with Crippen molar-refractivity contribution in [1.29, 1.82) is 0 Å². The van der Waals surface area contributed by atoms with Gasteiger partial charge in [0.05, 0.1) is 42.8 Å².